The predicted octanol–water partition coefficient (Wildman–Crippen LogP) is -5.07. The summed E-state index contributed by atoms with van der Waals surface area (Å²) in [5.74, 6) is 0. The van der Waals surface area contributed by atoms with Gasteiger partial charge < -0.3 is 56.3 Å². The second-order valence-corrected chi connectivity index (χ2v) is 6.31. The average molecular weight is 354 g/mol. The minimum Gasteiger partial charge on any atom is -0.394 e. The van der Waals surface area contributed by atoms with Crippen molar-refractivity contribution in [2.75, 3.05) is 13.2 Å². The van der Waals surface area contributed by atoms with E-state index in [1.54, 1.807) is 0 Å². The van der Waals surface area contributed by atoms with Gasteiger partial charge in [0, 0.05) is 0 Å². The molecule has 24 heavy (non-hydrogen) atoms. The summed E-state index contributed by atoms with van der Waals surface area (Å²) in [7, 11) is 0. The normalized spacial score (nSPS) is 53.1. The predicted molar refractivity (Wildman–Crippen MR) is 77.2 cm³/mol. The molecule has 0 spiro atoms. The average Bonchev–Trinajstić information content (AvgIpc) is 2.57. The third kappa shape index (κ3) is 3.30. The molecule has 2 saturated heterocycles. The fraction of sp³-hybridized carbons (Fsp3) is 1.00. The van der Waals surface area contributed by atoms with Crippen molar-refractivity contribution >= 4 is 0 Å². The van der Waals surface area contributed by atoms with Crippen LogP contribution in [0.3, 0.4) is 0 Å². The highest BCUT2D eigenvalue weighted by Gasteiger charge is 2.55. The Kier molecular flexibility index (Phi) is 6.16. The van der Waals surface area contributed by atoms with Gasteiger partial charge in [-0.25, -0.2) is 0 Å². The maximum atomic E-state index is 10.4. The zero-order valence-corrected chi connectivity index (χ0v) is 13.2. The van der Waals surface area contributed by atoms with E-state index in [0.29, 0.717) is 0 Å². The first-order valence-corrected chi connectivity index (χ1v) is 7.61. The fourth-order valence-electron chi connectivity index (χ4n) is 2.95. The van der Waals surface area contributed by atoms with Gasteiger partial charge in [0.05, 0.1) is 25.3 Å². The summed E-state index contributed by atoms with van der Waals surface area (Å²) in [6, 6.07) is -2.42. The first-order chi connectivity index (χ1) is 11.2. The number of aliphatic hydroxyl groups is 6. The van der Waals surface area contributed by atoms with Crippen molar-refractivity contribution in [3.05, 3.63) is 0 Å². The van der Waals surface area contributed by atoms with E-state index in [-0.39, 0.29) is 0 Å². The summed E-state index contributed by atoms with van der Waals surface area (Å²) in [5, 5.41) is 58.5. The quantitative estimate of drug-likeness (QED) is 0.240. The Morgan fingerprint density at radius 1 is 0.958 bits per heavy atom. The van der Waals surface area contributed by atoms with E-state index in [1.165, 1.54) is 6.92 Å². The minimum atomic E-state index is -1.63. The van der Waals surface area contributed by atoms with Gasteiger partial charge in [-0.2, -0.15) is 0 Å². The molecule has 2 aliphatic rings. The maximum absolute atomic E-state index is 10.4. The monoisotopic (exact) mass is 354 g/mol. The molecular weight excluding hydrogens is 328 g/mol. The zero-order valence-electron chi connectivity index (χ0n) is 13.2. The Bertz CT molecular complexity index is 424. The molecule has 11 heteroatoms. The zero-order chi connectivity index (χ0) is 18.2. The molecule has 1 unspecified atom stereocenters. The molecule has 0 aromatic heterocycles. The van der Waals surface area contributed by atoms with Crippen molar-refractivity contribution in [1.82, 2.24) is 0 Å². The highest BCUT2D eigenvalue weighted by atomic mass is 16.7. The summed E-state index contributed by atoms with van der Waals surface area (Å²) < 4.78 is 16.2. The molecule has 0 saturated carbocycles. The number of rotatable bonds is 4. The molecule has 2 fully saturated rings. The van der Waals surface area contributed by atoms with Crippen molar-refractivity contribution in [3.63, 3.8) is 0 Å². The number of nitrogens with two attached hydrogens (primary N) is 2. The second-order valence-electron chi connectivity index (χ2n) is 6.31. The van der Waals surface area contributed by atoms with Crippen LogP contribution in [0.25, 0.3) is 0 Å². The van der Waals surface area contributed by atoms with Crippen LogP contribution < -0.4 is 11.5 Å². The maximum Gasteiger partial charge on any atom is 0.176 e. The summed E-state index contributed by atoms with van der Waals surface area (Å²) in [5.41, 5.74) is 9.83. The van der Waals surface area contributed by atoms with Gasteiger partial charge >= 0.3 is 0 Å². The number of ether oxygens (including phenoxy) is 3. The molecule has 142 valence electrons. The molecule has 2 aliphatic heterocycles. The third-order valence-corrected chi connectivity index (χ3v) is 4.69. The van der Waals surface area contributed by atoms with E-state index in [2.05, 4.69) is 0 Å². The summed E-state index contributed by atoms with van der Waals surface area (Å²) in [4.78, 5) is 0. The second kappa shape index (κ2) is 7.43. The summed E-state index contributed by atoms with van der Waals surface area (Å²) in [6.45, 7) is 0.182. The molecule has 2 rings (SSSR count). The Hall–Kier alpha value is -0.440. The number of aliphatic hydroxyl groups excluding tert-OH is 6. The van der Waals surface area contributed by atoms with Crippen molar-refractivity contribution in [3.8, 4) is 0 Å². The molecule has 11 nitrogen and oxygen atoms in total. The van der Waals surface area contributed by atoms with Crippen LogP contribution >= 0.6 is 0 Å². The van der Waals surface area contributed by atoms with Gasteiger partial charge in [-0.15, -0.1) is 0 Å². The first kappa shape index (κ1) is 19.9. The molecule has 0 aliphatic carbocycles. The van der Waals surface area contributed by atoms with Crippen LogP contribution in [-0.4, -0.2) is 105 Å². The van der Waals surface area contributed by atoms with E-state index in [0.717, 1.165) is 0 Å². The van der Waals surface area contributed by atoms with Crippen molar-refractivity contribution in [2.24, 2.45) is 11.5 Å². The van der Waals surface area contributed by atoms with Gasteiger partial charge in [0.15, 0.2) is 12.6 Å². The molecular formula is C13H26N2O9. The summed E-state index contributed by atoms with van der Waals surface area (Å²) in [6.07, 6.45) is -9.46. The molecule has 0 bridgehead atoms. The number of hydrogen-bond acceptors (Lipinski definition) is 11. The van der Waals surface area contributed by atoms with Crippen LogP contribution in [0.2, 0.25) is 0 Å². The van der Waals surface area contributed by atoms with Gasteiger partial charge in [-0.05, 0) is 6.92 Å². The third-order valence-electron chi connectivity index (χ3n) is 4.69. The Morgan fingerprint density at radius 3 is 2.12 bits per heavy atom. The van der Waals surface area contributed by atoms with Crippen LogP contribution in [0, 0.1) is 0 Å². The lowest BCUT2D eigenvalue weighted by atomic mass is 9.84. The SMILES string of the molecule is C[C@]1(O[C@@H]2O[C@H](CO)[C@@H](O)[C@H](O)[C@H]2N)[C@H](O)[C@@H](N)C(O)O[C@@H]1CO. The standard InChI is InChI=1S/C13H26N2O9/c1-13(5(3-17)23-11(21)7(15)10(13)20)24-12-6(14)9(19)8(18)4(2-16)22-12/h4-12,16-21H,2-3,14-15H2,1H3/t4-,5-,6-,7-,8-,9-,10-,11?,12+,13-/m1/s1. The topological polar surface area (TPSA) is 201 Å². The highest BCUT2D eigenvalue weighted by molar-refractivity contribution is 5.03. The van der Waals surface area contributed by atoms with Gasteiger partial charge in [0.2, 0.25) is 0 Å². The van der Waals surface area contributed by atoms with Gasteiger partial charge in [0.25, 0.3) is 0 Å². The molecule has 0 radical (unpaired) electrons. The molecule has 0 aromatic carbocycles. The van der Waals surface area contributed by atoms with Crippen LogP contribution in [0.1, 0.15) is 6.92 Å². The number of hydrogen-bond donors (Lipinski definition) is 8. The van der Waals surface area contributed by atoms with E-state index in [4.69, 9.17) is 25.7 Å². The molecule has 0 aromatic rings. The molecule has 0 amide bonds. The van der Waals surface area contributed by atoms with Crippen LogP contribution in [0.4, 0.5) is 0 Å². The Balaban J connectivity index is 2.22. The van der Waals surface area contributed by atoms with Crippen LogP contribution in [0.5, 0.6) is 0 Å². The Morgan fingerprint density at radius 2 is 1.58 bits per heavy atom. The van der Waals surface area contributed by atoms with Crippen molar-refractivity contribution < 1.29 is 44.8 Å². The largest absolute Gasteiger partial charge is 0.394 e. The van der Waals surface area contributed by atoms with Crippen LogP contribution in [0.15, 0.2) is 0 Å². The fourth-order valence-corrected chi connectivity index (χ4v) is 2.95. The lowest BCUT2D eigenvalue weighted by molar-refractivity contribution is -0.355. The van der Waals surface area contributed by atoms with E-state index in [9.17, 15) is 30.6 Å². The minimum absolute atomic E-state index is 0.595. The smallest absolute Gasteiger partial charge is 0.176 e. The van der Waals surface area contributed by atoms with E-state index >= 15 is 0 Å². The van der Waals surface area contributed by atoms with Crippen molar-refractivity contribution in [2.45, 2.75) is 67.7 Å². The van der Waals surface area contributed by atoms with Gasteiger partial charge in [-0.1, -0.05) is 0 Å². The molecule has 10 atom stereocenters. The lowest BCUT2D eigenvalue weighted by Crippen LogP contribution is -2.72. The van der Waals surface area contributed by atoms with E-state index < -0.39 is 74.0 Å². The van der Waals surface area contributed by atoms with Gasteiger partial charge in [-0.3, -0.25) is 0 Å². The Labute approximate surface area is 138 Å². The summed E-state index contributed by atoms with van der Waals surface area (Å²) >= 11 is 0. The van der Waals surface area contributed by atoms with Crippen molar-refractivity contribution in [1.29, 1.82) is 0 Å². The molecule has 10 N–H and O–H groups in total. The highest BCUT2D eigenvalue weighted by Crippen LogP contribution is 2.35. The van der Waals surface area contributed by atoms with Gasteiger partial charge in [0.1, 0.15) is 36.1 Å². The lowest BCUT2D eigenvalue weighted by Gasteiger charge is -2.51. The van der Waals surface area contributed by atoms with Crippen LogP contribution in [-0.2, 0) is 14.2 Å². The first-order valence-electron chi connectivity index (χ1n) is 7.61. The molecule has 2 heterocycles. The van der Waals surface area contributed by atoms with E-state index in [1.807, 2.05) is 0 Å².